The van der Waals surface area contributed by atoms with Crippen LogP contribution in [-0.4, -0.2) is 29.7 Å². The maximum absolute atomic E-state index is 11.5. The van der Waals surface area contributed by atoms with Gasteiger partial charge in [-0.2, -0.15) is 0 Å². The summed E-state index contributed by atoms with van der Waals surface area (Å²) in [5.41, 5.74) is 4.88. The number of carbonyl (C=O) groups is 1. The molecule has 18 heavy (non-hydrogen) atoms. The van der Waals surface area contributed by atoms with Gasteiger partial charge < -0.3 is 10.5 Å². The molecule has 0 aliphatic carbocycles. The van der Waals surface area contributed by atoms with Crippen LogP contribution in [0.25, 0.3) is 0 Å². The van der Waals surface area contributed by atoms with Crippen LogP contribution < -0.4 is 5.73 Å². The van der Waals surface area contributed by atoms with E-state index in [1.54, 1.807) is 0 Å². The topological polar surface area (TPSA) is 108 Å². The van der Waals surface area contributed by atoms with E-state index < -0.39 is 10.9 Å². The van der Waals surface area contributed by atoms with Crippen molar-refractivity contribution in [2.24, 2.45) is 10.7 Å². The fraction of sp³-hybridized carbons (Fsp3) is 0.200. The van der Waals surface area contributed by atoms with Gasteiger partial charge in [-0.05, 0) is 6.07 Å². The Bertz CT molecular complexity index is 516. The van der Waals surface area contributed by atoms with Crippen molar-refractivity contribution in [3.8, 4) is 0 Å². The standard InChI is InChI=1S/C10H10ClN3O4/c1-18-10(15)6-3-2-4-7(14(16)17)9(6)13-8(12)5-11/h2-4H,5H2,1H3,(H2,12,13). The lowest BCUT2D eigenvalue weighted by Crippen LogP contribution is -2.13. The van der Waals surface area contributed by atoms with Crippen LogP contribution >= 0.6 is 11.6 Å². The monoisotopic (exact) mass is 271 g/mol. The molecule has 0 fully saturated rings. The van der Waals surface area contributed by atoms with E-state index in [1.807, 2.05) is 0 Å². The van der Waals surface area contributed by atoms with Crippen molar-refractivity contribution < 1.29 is 14.5 Å². The predicted molar refractivity (Wildman–Crippen MR) is 66.4 cm³/mol. The number of aliphatic imine (C=N–C) groups is 1. The fourth-order valence-electron chi connectivity index (χ4n) is 1.24. The third-order valence-corrected chi connectivity index (χ3v) is 2.28. The number of esters is 1. The first-order valence-electron chi connectivity index (χ1n) is 4.76. The Hall–Kier alpha value is -2.15. The molecule has 0 saturated heterocycles. The number of carbonyl (C=O) groups excluding carboxylic acids is 1. The second kappa shape index (κ2) is 5.97. The largest absolute Gasteiger partial charge is 0.465 e. The van der Waals surface area contributed by atoms with E-state index in [0.717, 1.165) is 0 Å². The average Bonchev–Trinajstić information content (AvgIpc) is 2.37. The zero-order chi connectivity index (χ0) is 13.7. The number of alkyl halides is 1. The zero-order valence-corrected chi connectivity index (χ0v) is 10.2. The number of para-hydroxylation sites is 1. The van der Waals surface area contributed by atoms with Gasteiger partial charge in [0, 0.05) is 6.07 Å². The first-order valence-corrected chi connectivity index (χ1v) is 5.29. The summed E-state index contributed by atoms with van der Waals surface area (Å²) in [6.07, 6.45) is 0. The Morgan fingerprint density at radius 2 is 2.28 bits per heavy atom. The van der Waals surface area contributed by atoms with Crippen molar-refractivity contribution in [3.63, 3.8) is 0 Å². The van der Waals surface area contributed by atoms with Gasteiger partial charge in [0.2, 0.25) is 0 Å². The van der Waals surface area contributed by atoms with Crippen LogP contribution in [0.3, 0.4) is 0 Å². The molecule has 0 atom stereocenters. The third kappa shape index (κ3) is 2.95. The van der Waals surface area contributed by atoms with Gasteiger partial charge in [-0.1, -0.05) is 6.07 Å². The number of nitrogens with two attached hydrogens (primary N) is 1. The summed E-state index contributed by atoms with van der Waals surface area (Å²) in [7, 11) is 1.17. The lowest BCUT2D eigenvalue weighted by Gasteiger charge is -2.05. The minimum absolute atomic E-state index is 0.0314. The number of halogens is 1. The van der Waals surface area contributed by atoms with Crippen molar-refractivity contribution >= 4 is 34.8 Å². The number of hydrogen-bond acceptors (Lipinski definition) is 5. The molecule has 0 aliphatic heterocycles. The summed E-state index contributed by atoms with van der Waals surface area (Å²) in [6, 6.07) is 3.94. The number of hydrogen-bond donors (Lipinski definition) is 1. The maximum atomic E-state index is 11.5. The number of nitrogens with zero attached hydrogens (tertiary/aromatic N) is 2. The molecular weight excluding hydrogens is 262 g/mol. The van der Waals surface area contributed by atoms with E-state index in [0.29, 0.717) is 0 Å². The van der Waals surface area contributed by atoms with Crippen LogP contribution in [0.4, 0.5) is 11.4 Å². The van der Waals surface area contributed by atoms with Gasteiger partial charge in [-0.25, -0.2) is 9.79 Å². The molecule has 0 spiro atoms. The number of rotatable bonds is 4. The molecule has 1 aromatic carbocycles. The maximum Gasteiger partial charge on any atom is 0.340 e. The van der Waals surface area contributed by atoms with Crippen molar-refractivity contribution in [1.29, 1.82) is 0 Å². The van der Waals surface area contributed by atoms with Crippen LogP contribution in [-0.2, 0) is 4.74 Å². The van der Waals surface area contributed by atoms with Crippen LogP contribution in [0, 0.1) is 10.1 Å². The van der Waals surface area contributed by atoms with Gasteiger partial charge in [-0.3, -0.25) is 10.1 Å². The van der Waals surface area contributed by atoms with Crippen LogP contribution in [0.15, 0.2) is 23.2 Å². The van der Waals surface area contributed by atoms with Gasteiger partial charge >= 0.3 is 5.97 Å². The van der Waals surface area contributed by atoms with E-state index in [1.165, 1.54) is 25.3 Å². The molecule has 0 saturated carbocycles. The number of ether oxygens (including phenoxy) is 1. The molecular formula is C10H10ClN3O4. The molecule has 96 valence electrons. The quantitative estimate of drug-likeness (QED) is 0.223. The molecule has 0 aromatic heterocycles. The van der Waals surface area contributed by atoms with Crippen molar-refractivity contribution in [3.05, 3.63) is 33.9 Å². The van der Waals surface area contributed by atoms with E-state index in [2.05, 4.69) is 9.73 Å². The van der Waals surface area contributed by atoms with Gasteiger partial charge in [0.25, 0.3) is 5.69 Å². The zero-order valence-electron chi connectivity index (χ0n) is 9.42. The van der Waals surface area contributed by atoms with Crippen molar-refractivity contribution in [1.82, 2.24) is 0 Å². The Kier molecular flexibility index (Phi) is 4.61. The second-order valence-electron chi connectivity index (χ2n) is 3.16. The second-order valence-corrected chi connectivity index (χ2v) is 3.43. The smallest absolute Gasteiger partial charge is 0.340 e. The molecule has 0 unspecified atom stereocenters. The Morgan fingerprint density at radius 3 is 2.78 bits per heavy atom. The number of amidine groups is 1. The highest BCUT2D eigenvalue weighted by Gasteiger charge is 2.22. The number of benzene rings is 1. The van der Waals surface area contributed by atoms with E-state index >= 15 is 0 Å². The minimum atomic E-state index is -0.736. The summed E-state index contributed by atoms with van der Waals surface area (Å²) >= 11 is 5.46. The number of nitro benzene ring substituents is 1. The molecule has 0 bridgehead atoms. The molecule has 0 amide bonds. The van der Waals surface area contributed by atoms with Crippen LogP contribution in [0.1, 0.15) is 10.4 Å². The molecule has 0 radical (unpaired) electrons. The number of nitro groups is 1. The van der Waals surface area contributed by atoms with Gasteiger partial charge in [0.15, 0.2) is 5.69 Å². The highest BCUT2D eigenvalue weighted by atomic mass is 35.5. The third-order valence-electron chi connectivity index (χ3n) is 2.01. The van der Waals surface area contributed by atoms with Crippen molar-refractivity contribution in [2.45, 2.75) is 0 Å². The normalized spacial score (nSPS) is 11.1. The van der Waals surface area contributed by atoms with Crippen LogP contribution in [0.2, 0.25) is 0 Å². The molecule has 0 heterocycles. The highest BCUT2D eigenvalue weighted by Crippen LogP contribution is 2.31. The molecule has 1 rings (SSSR count). The Morgan fingerprint density at radius 1 is 1.61 bits per heavy atom. The van der Waals surface area contributed by atoms with E-state index in [4.69, 9.17) is 17.3 Å². The molecule has 8 heteroatoms. The lowest BCUT2D eigenvalue weighted by molar-refractivity contribution is -0.384. The highest BCUT2D eigenvalue weighted by molar-refractivity contribution is 6.28. The molecule has 1 aromatic rings. The van der Waals surface area contributed by atoms with Gasteiger partial charge in [0.05, 0.1) is 23.5 Å². The fourth-order valence-corrected chi connectivity index (χ4v) is 1.30. The van der Waals surface area contributed by atoms with Gasteiger partial charge in [-0.15, -0.1) is 11.6 Å². The predicted octanol–water partition coefficient (Wildman–Crippen LogP) is 1.61. The SMILES string of the molecule is COC(=O)c1cccc([N+](=O)[O-])c1N=C(N)CCl. The van der Waals surface area contributed by atoms with E-state index in [9.17, 15) is 14.9 Å². The van der Waals surface area contributed by atoms with Crippen molar-refractivity contribution in [2.75, 3.05) is 13.0 Å². The molecule has 0 aliphatic rings. The molecule has 2 N–H and O–H groups in total. The van der Waals surface area contributed by atoms with Crippen LogP contribution in [0.5, 0.6) is 0 Å². The summed E-state index contributed by atoms with van der Waals surface area (Å²) < 4.78 is 4.52. The average molecular weight is 272 g/mol. The minimum Gasteiger partial charge on any atom is -0.465 e. The molecule has 7 nitrogen and oxygen atoms in total. The van der Waals surface area contributed by atoms with Gasteiger partial charge in [0.1, 0.15) is 5.84 Å². The first kappa shape index (κ1) is 13.9. The Labute approximate surface area is 107 Å². The van der Waals surface area contributed by atoms with E-state index in [-0.39, 0.29) is 28.7 Å². The number of methoxy groups -OCH3 is 1. The summed E-state index contributed by atoms with van der Waals surface area (Å²) in [5.74, 6) is -0.872. The Balaban J connectivity index is 3.48. The lowest BCUT2D eigenvalue weighted by atomic mass is 10.1. The summed E-state index contributed by atoms with van der Waals surface area (Å²) in [4.78, 5) is 25.5. The summed E-state index contributed by atoms with van der Waals surface area (Å²) in [5, 5.41) is 10.9. The first-order chi connectivity index (χ1) is 8.51. The summed E-state index contributed by atoms with van der Waals surface area (Å²) in [6.45, 7) is 0.